The molecule has 0 radical (unpaired) electrons. The number of amides is 1. The first-order valence-electron chi connectivity index (χ1n) is 21.9. The summed E-state index contributed by atoms with van der Waals surface area (Å²) >= 11 is 0. The molecular weight excluding hydrogens is 767 g/mol. The molecule has 1 aromatic carbocycles. The van der Waals surface area contributed by atoms with Gasteiger partial charge >= 0.3 is 11.9 Å². The fourth-order valence-corrected chi connectivity index (χ4v) is 7.70. The number of aliphatic carboxylic acids is 1. The highest BCUT2D eigenvalue weighted by molar-refractivity contribution is 6.74. The molecule has 1 aliphatic heterocycles. The average Bonchev–Trinajstić information content (AvgIpc) is 3.61. The second-order valence-electron chi connectivity index (χ2n) is 18.4. The lowest BCUT2D eigenvalue weighted by atomic mass is 9.82. The van der Waals surface area contributed by atoms with Crippen molar-refractivity contribution in [2.24, 2.45) is 5.92 Å². The summed E-state index contributed by atoms with van der Waals surface area (Å²) in [5.41, 5.74) is -2.68. The molecule has 0 aliphatic carbocycles. The minimum absolute atomic E-state index is 0.00185. The predicted octanol–water partition coefficient (Wildman–Crippen LogP) is 9.30. The molecule has 0 bridgehead atoms. The van der Waals surface area contributed by atoms with Crippen molar-refractivity contribution in [2.45, 2.75) is 186 Å². The zero-order valence-corrected chi connectivity index (χ0v) is 39.0. The number of aliphatic hydroxyl groups is 1. The Morgan fingerprint density at radius 1 is 0.932 bits per heavy atom. The van der Waals surface area contributed by atoms with E-state index < -0.39 is 55.1 Å². The number of carboxylic acids is 1. The highest BCUT2D eigenvalue weighted by Gasteiger charge is 2.50. The van der Waals surface area contributed by atoms with Crippen molar-refractivity contribution in [2.75, 3.05) is 26.4 Å². The number of hydrogen-bond acceptors (Lipinski definition) is 9. The molecule has 1 saturated heterocycles. The number of carbonyl (C=O) groups is 3. The van der Waals surface area contributed by atoms with E-state index in [4.69, 9.17) is 23.4 Å². The highest BCUT2D eigenvalue weighted by Crippen LogP contribution is 2.38. The van der Waals surface area contributed by atoms with E-state index in [1.54, 1.807) is 58.0 Å². The van der Waals surface area contributed by atoms with Crippen LogP contribution < -0.4 is 10.1 Å². The number of allylic oxidation sites excluding steroid dienone is 1. The smallest absolute Gasteiger partial charge is 0.339 e. The molecule has 1 heterocycles. The number of benzene rings is 1. The molecule has 3 N–H and O–H groups in total. The van der Waals surface area contributed by atoms with Crippen LogP contribution in [0.4, 0.5) is 0 Å². The molecule has 11 nitrogen and oxygen atoms in total. The molecule has 3 atom stereocenters. The second-order valence-corrected chi connectivity index (χ2v) is 23.2. The van der Waals surface area contributed by atoms with Gasteiger partial charge < -0.3 is 38.9 Å². The fourth-order valence-electron chi connectivity index (χ4n) is 6.65. The van der Waals surface area contributed by atoms with Gasteiger partial charge in [-0.25, -0.2) is 9.59 Å². The highest BCUT2D eigenvalue weighted by atomic mass is 28.4. The monoisotopic (exact) mass is 844 g/mol. The standard InChI is InChI=1S/C47H77NO10Si/c1-11-13-15-19-22-29-46(55-34-35-56-46)30-23-20-17-16-18-21-24-39(47(53,43(52)58-44(3,4)5)31-33-57-59(9,10)45(6,7)8)41(49)48-40(42(50)51)36-37-25-27-38(28-26-37)54-32-14-12-2/h21,24-28,39-40,53H,11,13,15-20,22-23,29-36H2,1-10H3,(H,48,49)(H,50,51)/b24-21+/t39-,40+,47+/m1/s1. The SMILES string of the molecule is CC#CCOc1ccc(C[C@H](NC(=O)[C@@H](/C=C/CCCCCCC2(CCCCCCC)OCCO2)[C@@](O)(CCO[Si](C)(C)C(C)(C)C)C(=O)OC(C)(C)C)C(=O)O)cc1. The van der Waals surface area contributed by atoms with Crippen LogP contribution in [0.2, 0.25) is 18.1 Å². The van der Waals surface area contributed by atoms with E-state index >= 15 is 0 Å². The normalized spacial score (nSPS) is 16.5. The van der Waals surface area contributed by atoms with E-state index in [0.717, 1.165) is 44.9 Å². The topological polar surface area (TPSA) is 150 Å². The van der Waals surface area contributed by atoms with E-state index in [2.05, 4.69) is 57.9 Å². The van der Waals surface area contributed by atoms with Gasteiger partial charge in [-0.3, -0.25) is 4.79 Å². The van der Waals surface area contributed by atoms with Gasteiger partial charge in [0.2, 0.25) is 5.91 Å². The number of esters is 1. The number of carboxylic acid groups (broad SMARTS) is 1. The Morgan fingerprint density at radius 2 is 1.53 bits per heavy atom. The third kappa shape index (κ3) is 18.5. The summed E-state index contributed by atoms with van der Waals surface area (Å²) in [6.45, 7) is 20.9. The molecule has 0 spiro atoms. The van der Waals surface area contributed by atoms with Crippen LogP contribution >= 0.6 is 0 Å². The molecule has 2 rings (SSSR count). The van der Waals surface area contributed by atoms with Crippen LogP contribution in [0.3, 0.4) is 0 Å². The van der Waals surface area contributed by atoms with Gasteiger partial charge in [-0.2, -0.15) is 0 Å². The molecule has 1 fully saturated rings. The Labute approximate surface area is 356 Å². The molecular formula is C47H77NO10Si. The van der Waals surface area contributed by atoms with E-state index in [1.165, 1.54) is 31.8 Å². The molecule has 1 aromatic rings. The summed E-state index contributed by atoms with van der Waals surface area (Å²) in [7, 11) is -2.31. The Kier molecular flexibility index (Phi) is 21.9. The van der Waals surface area contributed by atoms with E-state index in [-0.39, 0.29) is 31.1 Å². The summed E-state index contributed by atoms with van der Waals surface area (Å²) in [5, 5.41) is 25.1. The van der Waals surface area contributed by atoms with E-state index in [0.29, 0.717) is 30.9 Å². The van der Waals surface area contributed by atoms with Gasteiger partial charge in [0.1, 0.15) is 24.0 Å². The van der Waals surface area contributed by atoms with Crippen molar-refractivity contribution in [3.05, 3.63) is 42.0 Å². The first-order chi connectivity index (χ1) is 27.7. The molecule has 1 amide bonds. The molecule has 0 unspecified atom stereocenters. The van der Waals surface area contributed by atoms with E-state index in [1.807, 2.05) is 0 Å². The number of ether oxygens (including phenoxy) is 4. The minimum atomic E-state index is -2.36. The van der Waals surface area contributed by atoms with Gasteiger partial charge in [0, 0.05) is 32.3 Å². The molecule has 59 heavy (non-hydrogen) atoms. The number of nitrogens with one attached hydrogen (secondary N) is 1. The van der Waals surface area contributed by atoms with Crippen molar-refractivity contribution in [1.82, 2.24) is 5.32 Å². The van der Waals surface area contributed by atoms with Crippen LogP contribution in [-0.4, -0.2) is 85.8 Å². The van der Waals surface area contributed by atoms with Crippen molar-refractivity contribution in [1.29, 1.82) is 0 Å². The minimum Gasteiger partial charge on any atom is -0.481 e. The van der Waals surface area contributed by atoms with Crippen LogP contribution in [0.5, 0.6) is 5.75 Å². The Morgan fingerprint density at radius 3 is 2.07 bits per heavy atom. The second kappa shape index (κ2) is 24.9. The van der Waals surface area contributed by atoms with Crippen LogP contribution in [0.1, 0.15) is 144 Å². The third-order valence-electron chi connectivity index (χ3n) is 11.2. The van der Waals surface area contributed by atoms with Gasteiger partial charge in [0.05, 0.1) is 19.1 Å². The predicted molar refractivity (Wildman–Crippen MR) is 236 cm³/mol. The number of hydrogen-bond donors (Lipinski definition) is 3. The lowest BCUT2D eigenvalue weighted by Crippen LogP contribution is -2.56. The zero-order valence-electron chi connectivity index (χ0n) is 38.0. The number of unbranched alkanes of at least 4 members (excludes halogenated alkanes) is 8. The van der Waals surface area contributed by atoms with Crippen molar-refractivity contribution < 1.29 is 48.0 Å². The Hall–Kier alpha value is -3.21. The quantitative estimate of drug-likeness (QED) is 0.0257. The number of rotatable bonds is 27. The van der Waals surface area contributed by atoms with Crippen LogP contribution in [0.15, 0.2) is 36.4 Å². The summed E-state index contributed by atoms with van der Waals surface area (Å²) in [6, 6.07) is 5.53. The van der Waals surface area contributed by atoms with Gasteiger partial charge in [0.15, 0.2) is 19.7 Å². The van der Waals surface area contributed by atoms with Gasteiger partial charge in [-0.05, 0) is 89.2 Å². The largest absolute Gasteiger partial charge is 0.481 e. The summed E-state index contributed by atoms with van der Waals surface area (Å²) in [4.78, 5) is 40.8. The Bertz CT molecular complexity index is 1510. The zero-order chi connectivity index (χ0) is 44.2. The fraction of sp³-hybridized carbons (Fsp3) is 0.723. The molecule has 1 aliphatic rings. The van der Waals surface area contributed by atoms with Crippen LogP contribution in [0, 0.1) is 17.8 Å². The average molecular weight is 844 g/mol. The lowest BCUT2D eigenvalue weighted by Gasteiger charge is -2.38. The number of carbonyl (C=O) groups excluding carboxylic acids is 2. The first-order valence-corrected chi connectivity index (χ1v) is 24.8. The van der Waals surface area contributed by atoms with Gasteiger partial charge in [0.25, 0.3) is 0 Å². The van der Waals surface area contributed by atoms with Crippen LogP contribution in [0.25, 0.3) is 0 Å². The van der Waals surface area contributed by atoms with E-state index in [9.17, 15) is 24.6 Å². The summed E-state index contributed by atoms with van der Waals surface area (Å²) in [6.07, 6.45) is 15.1. The van der Waals surface area contributed by atoms with Gasteiger partial charge in [-0.1, -0.05) is 96.4 Å². The molecule has 0 aromatic heterocycles. The maximum Gasteiger partial charge on any atom is 0.339 e. The van der Waals surface area contributed by atoms with Crippen molar-refractivity contribution in [3.8, 4) is 17.6 Å². The molecule has 0 saturated carbocycles. The maximum absolute atomic E-state index is 14.3. The molecule has 334 valence electrons. The third-order valence-corrected chi connectivity index (χ3v) is 15.8. The van der Waals surface area contributed by atoms with Crippen molar-refractivity contribution >= 4 is 26.2 Å². The van der Waals surface area contributed by atoms with Crippen molar-refractivity contribution in [3.63, 3.8) is 0 Å². The first kappa shape index (κ1) is 51.9. The van der Waals surface area contributed by atoms with Crippen LogP contribution in [-0.2, 0) is 39.4 Å². The lowest BCUT2D eigenvalue weighted by molar-refractivity contribution is -0.185. The summed E-state index contributed by atoms with van der Waals surface area (Å²) in [5.74, 6) is 1.21. The molecule has 12 heteroatoms. The summed E-state index contributed by atoms with van der Waals surface area (Å²) < 4.78 is 29.9. The Balaban J connectivity index is 2.28. The van der Waals surface area contributed by atoms with Gasteiger partial charge in [-0.15, -0.1) is 5.92 Å². The maximum atomic E-state index is 14.3.